The van der Waals surface area contributed by atoms with Gasteiger partial charge in [0.25, 0.3) is 0 Å². The van der Waals surface area contributed by atoms with Gasteiger partial charge in [-0.05, 0) is 31.1 Å². The van der Waals surface area contributed by atoms with Crippen molar-refractivity contribution in [2.75, 3.05) is 0 Å². The predicted molar refractivity (Wildman–Crippen MR) is 63.2 cm³/mol. The number of nitrogens with zero attached hydrogens (tertiary/aromatic N) is 2. The fourth-order valence-corrected chi connectivity index (χ4v) is 3.08. The lowest BCUT2D eigenvalue weighted by Gasteiger charge is -2.34. The van der Waals surface area contributed by atoms with Crippen LogP contribution in [0.1, 0.15) is 63.6 Å². The monoisotopic (exact) mass is 222 g/mol. The topological polar surface area (TPSA) is 38.9 Å². The second-order valence-corrected chi connectivity index (χ2v) is 5.02. The molecular weight excluding hydrogens is 200 g/mol. The Bertz CT molecular complexity index is 334. The van der Waals surface area contributed by atoms with E-state index >= 15 is 0 Å². The van der Waals surface area contributed by atoms with Crippen LogP contribution >= 0.6 is 0 Å². The zero-order valence-corrected chi connectivity index (χ0v) is 10.6. The van der Waals surface area contributed by atoms with Crippen molar-refractivity contribution in [3.63, 3.8) is 0 Å². The molecule has 0 bridgehead atoms. The van der Waals surface area contributed by atoms with Crippen LogP contribution < -0.4 is 0 Å². The van der Waals surface area contributed by atoms with Crippen molar-refractivity contribution in [3.8, 4) is 0 Å². The number of aryl methyl sites for hydroxylation is 1. The number of hydrogen-bond acceptors (Lipinski definition) is 3. The molecule has 3 atom stereocenters. The summed E-state index contributed by atoms with van der Waals surface area (Å²) in [6.07, 6.45) is 6.40. The summed E-state index contributed by atoms with van der Waals surface area (Å²) in [6.45, 7) is 6.48. The molecule has 90 valence electrons. The van der Waals surface area contributed by atoms with E-state index in [-0.39, 0.29) is 0 Å². The highest BCUT2D eigenvalue weighted by atomic mass is 16.5. The molecule has 16 heavy (non-hydrogen) atoms. The highest BCUT2D eigenvalue weighted by Crippen LogP contribution is 2.41. The van der Waals surface area contributed by atoms with Crippen LogP contribution in [0.25, 0.3) is 0 Å². The SMILES string of the molecule is CCC1CCC(c2noc(C)n2)CC1CC. The Hall–Kier alpha value is -0.860. The average Bonchev–Trinajstić information content (AvgIpc) is 2.75. The van der Waals surface area contributed by atoms with Crippen LogP contribution in [0.5, 0.6) is 0 Å². The van der Waals surface area contributed by atoms with Gasteiger partial charge in [-0.15, -0.1) is 0 Å². The van der Waals surface area contributed by atoms with Crippen molar-refractivity contribution >= 4 is 0 Å². The number of aromatic nitrogens is 2. The van der Waals surface area contributed by atoms with Gasteiger partial charge in [0.2, 0.25) is 5.89 Å². The van der Waals surface area contributed by atoms with Gasteiger partial charge in [0.15, 0.2) is 5.82 Å². The molecule has 1 aromatic rings. The summed E-state index contributed by atoms with van der Waals surface area (Å²) in [4.78, 5) is 4.38. The van der Waals surface area contributed by atoms with Gasteiger partial charge in [0.05, 0.1) is 0 Å². The maximum atomic E-state index is 5.08. The first kappa shape index (κ1) is 11.6. The van der Waals surface area contributed by atoms with Gasteiger partial charge in [0.1, 0.15) is 0 Å². The van der Waals surface area contributed by atoms with E-state index < -0.39 is 0 Å². The highest BCUT2D eigenvalue weighted by molar-refractivity contribution is 4.98. The first-order valence-electron chi connectivity index (χ1n) is 6.54. The van der Waals surface area contributed by atoms with Gasteiger partial charge in [-0.1, -0.05) is 31.8 Å². The van der Waals surface area contributed by atoms with Crippen molar-refractivity contribution in [1.29, 1.82) is 0 Å². The summed E-state index contributed by atoms with van der Waals surface area (Å²) >= 11 is 0. The smallest absolute Gasteiger partial charge is 0.223 e. The van der Waals surface area contributed by atoms with Gasteiger partial charge in [-0.3, -0.25) is 0 Å². The molecular formula is C13H22N2O. The molecule has 0 aliphatic heterocycles. The molecule has 1 aliphatic carbocycles. The van der Waals surface area contributed by atoms with E-state index in [2.05, 4.69) is 24.0 Å². The van der Waals surface area contributed by atoms with Crippen LogP contribution in [0.15, 0.2) is 4.52 Å². The maximum Gasteiger partial charge on any atom is 0.223 e. The van der Waals surface area contributed by atoms with Crippen molar-refractivity contribution < 1.29 is 4.52 Å². The van der Waals surface area contributed by atoms with E-state index in [4.69, 9.17) is 4.52 Å². The lowest BCUT2D eigenvalue weighted by atomic mass is 9.71. The molecule has 0 radical (unpaired) electrons. The summed E-state index contributed by atoms with van der Waals surface area (Å²) in [7, 11) is 0. The van der Waals surface area contributed by atoms with E-state index in [9.17, 15) is 0 Å². The van der Waals surface area contributed by atoms with Crippen LogP contribution in [0, 0.1) is 18.8 Å². The third kappa shape index (κ3) is 2.28. The molecule has 0 amide bonds. The maximum absolute atomic E-state index is 5.08. The average molecular weight is 222 g/mol. The molecule has 0 spiro atoms. The molecule has 0 aromatic carbocycles. The largest absolute Gasteiger partial charge is 0.340 e. The normalized spacial score (nSPS) is 30.6. The Kier molecular flexibility index (Phi) is 3.62. The summed E-state index contributed by atoms with van der Waals surface area (Å²) < 4.78 is 5.08. The number of rotatable bonds is 3. The van der Waals surface area contributed by atoms with Crippen molar-refractivity contribution in [2.24, 2.45) is 11.8 Å². The minimum absolute atomic E-state index is 0.533. The highest BCUT2D eigenvalue weighted by Gasteiger charge is 2.31. The summed E-state index contributed by atoms with van der Waals surface area (Å²) in [6, 6.07) is 0. The second-order valence-electron chi connectivity index (χ2n) is 5.02. The molecule has 1 aromatic heterocycles. The Balaban J connectivity index is 2.04. The lowest BCUT2D eigenvalue weighted by Crippen LogP contribution is -2.23. The quantitative estimate of drug-likeness (QED) is 0.782. The Morgan fingerprint density at radius 2 is 1.94 bits per heavy atom. The fourth-order valence-electron chi connectivity index (χ4n) is 3.08. The zero-order chi connectivity index (χ0) is 11.5. The molecule has 3 unspecified atom stereocenters. The summed E-state index contributed by atoms with van der Waals surface area (Å²) in [5.74, 6) is 3.92. The Morgan fingerprint density at radius 1 is 1.19 bits per heavy atom. The van der Waals surface area contributed by atoms with Crippen LogP contribution in [0.3, 0.4) is 0 Å². The van der Waals surface area contributed by atoms with Gasteiger partial charge < -0.3 is 4.52 Å². The van der Waals surface area contributed by atoms with Gasteiger partial charge in [-0.25, -0.2) is 0 Å². The molecule has 0 N–H and O–H groups in total. The van der Waals surface area contributed by atoms with E-state index in [1.54, 1.807) is 0 Å². The Morgan fingerprint density at radius 3 is 2.50 bits per heavy atom. The van der Waals surface area contributed by atoms with Gasteiger partial charge in [-0.2, -0.15) is 4.98 Å². The minimum atomic E-state index is 0.533. The number of hydrogen-bond donors (Lipinski definition) is 0. The first-order chi connectivity index (χ1) is 7.74. The van der Waals surface area contributed by atoms with Crippen LogP contribution in [0.4, 0.5) is 0 Å². The third-order valence-corrected chi connectivity index (χ3v) is 4.10. The fraction of sp³-hybridized carbons (Fsp3) is 0.846. The minimum Gasteiger partial charge on any atom is -0.340 e. The third-order valence-electron chi connectivity index (χ3n) is 4.10. The Labute approximate surface area is 97.6 Å². The second kappa shape index (κ2) is 4.98. The molecule has 1 fully saturated rings. The molecule has 1 aliphatic rings. The summed E-state index contributed by atoms with van der Waals surface area (Å²) in [5, 5.41) is 4.07. The van der Waals surface area contributed by atoms with Crippen LogP contribution in [0.2, 0.25) is 0 Å². The molecule has 1 heterocycles. The van der Waals surface area contributed by atoms with Crippen molar-refractivity contribution in [2.45, 2.75) is 58.8 Å². The summed E-state index contributed by atoms with van der Waals surface area (Å²) in [5.41, 5.74) is 0. The molecule has 1 saturated carbocycles. The van der Waals surface area contributed by atoms with E-state index in [1.165, 1.54) is 32.1 Å². The van der Waals surface area contributed by atoms with E-state index in [0.29, 0.717) is 11.8 Å². The van der Waals surface area contributed by atoms with Gasteiger partial charge >= 0.3 is 0 Å². The molecule has 3 nitrogen and oxygen atoms in total. The molecule has 3 heteroatoms. The molecule has 2 rings (SSSR count). The zero-order valence-electron chi connectivity index (χ0n) is 10.6. The van der Waals surface area contributed by atoms with Crippen molar-refractivity contribution in [3.05, 3.63) is 11.7 Å². The lowest BCUT2D eigenvalue weighted by molar-refractivity contribution is 0.197. The standard InChI is InChI=1S/C13H22N2O/c1-4-10-6-7-12(8-11(10)5-2)13-14-9(3)16-15-13/h10-12H,4-8H2,1-3H3. The van der Waals surface area contributed by atoms with E-state index in [1.807, 2.05) is 6.92 Å². The van der Waals surface area contributed by atoms with Crippen LogP contribution in [-0.2, 0) is 0 Å². The molecule has 0 saturated heterocycles. The first-order valence-corrected chi connectivity index (χ1v) is 6.54. The van der Waals surface area contributed by atoms with Crippen LogP contribution in [-0.4, -0.2) is 10.1 Å². The van der Waals surface area contributed by atoms with E-state index in [0.717, 1.165) is 17.7 Å². The predicted octanol–water partition coefficient (Wildman–Crippen LogP) is 3.70. The van der Waals surface area contributed by atoms with Gasteiger partial charge in [0, 0.05) is 12.8 Å². The van der Waals surface area contributed by atoms with Crippen molar-refractivity contribution in [1.82, 2.24) is 10.1 Å².